The van der Waals surface area contributed by atoms with E-state index in [1.807, 2.05) is 43.3 Å². The van der Waals surface area contributed by atoms with Crippen molar-refractivity contribution >= 4 is 32.6 Å². The van der Waals surface area contributed by atoms with E-state index in [0.717, 1.165) is 26.9 Å². The van der Waals surface area contributed by atoms with Gasteiger partial charge in [0.15, 0.2) is 5.13 Å². The molecular weight excluding hydrogens is 366 g/mol. The number of thiazole rings is 1. The molecule has 0 saturated carbocycles. The van der Waals surface area contributed by atoms with Gasteiger partial charge in [-0.25, -0.2) is 4.98 Å². The Morgan fingerprint density at radius 1 is 1.04 bits per heavy atom. The lowest BCUT2D eigenvalue weighted by molar-refractivity contribution is 0.0985. The fraction of sp³-hybridized carbons (Fsp3) is 0.174. The SMILES string of the molecule is Cc1ccc(C(=O)N(Cc2cccnc2)c2nc3c(C)cc(C)cc3s2)cc1. The third kappa shape index (κ3) is 3.66. The average Bonchev–Trinajstić information content (AvgIpc) is 3.11. The molecular formula is C23H21N3OS. The lowest BCUT2D eigenvalue weighted by Crippen LogP contribution is -2.30. The Labute approximate surface area is 168 Å². The number of aromatic nitrogens is 2. The van der Waals surface area contributed by atoms with Crippen LogP contribution in [0, 0.1) is 20.8 Å². The van der Waals surface area contributed by atoms with Gasteiger partial charge in [-0.3, -0.25) is 14.7 Å². The van der Waals surface area contributed by atoms with Crippen LogP contribution in [0.15, 0.2) is 60.9 Å². The topological polar surface area (TPSA) is 46.1 Å². The summed E-state index contributed by atoms with van der Waals surface area (Å²) in [6.07, 6.45) is 3.53. The summed E-state index contributed by atoms with van der Waals surface area (Å²) in [5.74, 6) is -0.0581. The van der Waals surface area contributed by atoms with Crippen molar-refractivity contribution in [3.63, 3.8) is 0 Å². The molecule has 0 aliphatic rings. The Kier molecular flexibility index (Phi) is 4.92. The van der Waals surface area contributed by atoms with Crippen LogP contribution in [0.4, 0.5) is 5.13 Å². The minimum Gasteiger partial charge on any atom is -0.279 e. The van der Waals surface area contributed by atoms with Crippen molar-refractivity contribution in [2.75, 3.05) is 4.90 Å². The molecule has 0 unspecified atom stereocenters. The lowest BCUT2D eigenvalue weighted by Gasteiger charge is -2.20. The second-order valence-corrected chi connectivity index (χ2v) is 8.05. The molecule has 2 heterocycles. The molecule has 2 aromatic heterocycles. The van der Waals surface area contributed by atoms with Gasteiger partial charge in [0.05, 0.1) is 16.8 Å². The Morgan fingerprint density at radius 2 is 1.82 bits per heavy atom. The number of benzene rings is 2. The normalized spacial score (nSPS) is 11.0. The summed E-state index contributed by atoms with van der Waals surface area (Å²) in [6, 6.07) is 15.8. The largest absolute Gasteiger partial charge is 0.279 e. The third-order valence-electron chi connectivity index (χ3n) is 4.66. The standard InChI is InChI=1S/C23H21N3OS/c1-15-6-8-19(9-7-15)22(27)26(14-18-5-4-10-24-13-18)23-25-21-17(3)11-16(2)12-20(21)28-23/h4-13H,14H2,1-3H3. The minimum atomic E-state index is -0.0581. The van der Waals surface area contributed by atoms with Crippen molar-refractivity contribution in [1.29, 1.82) is 0 Å². The summed E-state index contributed by atoms with van der Waals surface area (Å²) in [5, 5.41) is 0.707. The van der Waals surface area contributed by atoms with Crippen molar-refractivity contribution in [1.82, 2.24) is 9.97 Å². The minimum absolute atomic E-state index is 0.0581. The third-order valence-corrected chi connectivity index (χ3v) is 5.68. The molecule has 0 N–H and O–H groups in total. The van der Waals surface area contributed by atoms with Gasteiger partial charge in [-0.2, -0.15) is 0 Å². The summed E-state index contributed by atoms with van der Waals surface area (Å²) in [7, 11) is 0. The first kappa shape index (κ1) is 18.3. The molecule has 0 atom stereocenters. The molecule has 140 valence electrons. The van der Waals surface area contributed by atoms with Crippen LogP contribution in [0.2, 0.25) is 0 Å². The number of hydrogen-bond donors (Lipinski definition) is 0. The number of pyridine rings is 1. The molecule has 0 spiro atoms. The van der Waals surface area contributed by atoms with Gasteiger partial charge in [0.1, 0.15) is 0 Å². The number of carbonyl (C=O) groups is 1. The first-order chi connectivity index (χ1) is 13.5. The molecule has 4 aromatic rings. The van der Waals surface area contributed by atoms with E-state index in [4.69, 9.17) is 4.98 Å². The second-order valence-electron chi connectivity index (χ2n) is 7.04. The van der Waals surface area contributed by atoms with Gasteiger partial charge in [-0.05, 0) is 61.7 Å². The van der Waals surface area contributed by atoms with Crippen molar-refractivity contribution in [3.05, 3.63) is 88.7 Å². The van der Waals surface area contributed by atoms with Crippen LogP contribution in [0.5, 0.6) is 0 Å². The van der Waals surface area contributed by atoms with Gasteiger partial charge in [0.25, 0.3) is 5.91 Å². The van der Waals surface area contributed by atoms with Gasteiger partial charge >= 0.3 is 0 Å². The number of rotatable bonds is 4. The molecule has 0 bridgehead atoms. The van der Waals surface area contributed by atoms with E-state index >= 15 is 0 Å². The maximum absolute atomic E-state index is 13.4. The van der Waals surface area contributed by atoms with Gasteiger partial charge < -0.3 is 0 Å². The van der Waals surface area contributed by atoms with E-state index < -0.39 is 0 Å². The predicted molar refractivity (Wildman–Crippen MR) is 115 cm³/mol. The molecule has 0 fully saturated rings. The van der Waals surface area contributed by atoms with E-state index in [0.29, 0.717) is 17.2 Å². The van der Waals surface area contributed by atoms with Gasteiger partial charge in [0, 0.05) is 18.0 Å². The van der Waals surface area contributed by atoms with Gasteiger partial charge in [-0.1, -0.05) is 41.2 Å². The number of hydrogen-bond acceptors (Lipinski definition) is 4. The molecule has 0 aliphatic carbocycles. The fourth-order valence-electron chi connectivity index (χ4n) is 3.23. The average molecular weight is 388 g/mol. The van der Waals surface area contributed by atoms with Crippen molar-refractivity contribution < 1.29 is 4.79 Å². The maximum atomic E-state index is 13.4. The number of amides is 1. The highest BCUT2D eigenvalue weighted by atomic mass is 32.1. The van der Waals surface area contributed by atoms with Crippen LogP contribution in [-0.4, -0.2) is 15.9 Å². The molecule has 4 nitrogen and oxygen atoms in total. The zero-order chi connectivity index (χ0) is 19.7. The van der Waals surface area contributed by atoms with E-state index in [1.54, 1.807) is 28.6 Å². The molecule has 0 radical (unpaired) electrons. The Hall–Kier alpha value is -3.05. The van der Waals surface area contributed by atoms with E-state index in [-0.39, 0.29) is 5.91 Å². The number of carbonyl (C=O) groups excluding carboxylic acids is 1. The zero-order valence-corrected chi connectivity index (χ0v) is 17.0. The highest BCUT2D eigenvalue weighted by molar-refractivity contribution is 7.22. The molecule has 0 saturated heterocycles. The summed E-state index contributed by atoms with van der Waals surface area (Å²) >= 11 is 1.55. The molecule has 28 heavy (non-hydrogen) atoms. The van der Waals surface area contributed by atoms with Crippen LogP contribution < -0.4 is 4.90 Å². The van der Waals surface area contributed by atoms with E-state index in [9.17, 15) is 4.79 Å². The lowest BCUT2D eigenvalue weighted by atomic mass is 10.1. The highest BCUT2D eigenvalue weighted by Gasteiger charge is 2.22. The number of fused-ring (bicyclic) bond motifs is 1. The Morgan fingerprint density at radius 3 is 2.54 bits per heavy atom. The van der Waals surface area contributed by atoms with Crippen molar-refractivity contribution in [3.8, 4) is 0 Å². The fourth-order valence-corrected chi connectivity index (χ4v) is 4.37. The number of nitrogens with zero attached hydrogens (tertiary/aromatic N) is 3. The summed E-state index contributed by atoms with van der Waals surface area (Å²) in [4.78, 5) is 24.1. The number of anilines is 1. The summed E-state index contributed by atoms with van der Waals surface area (Å²) < 4.78 is 1.10. The van der Waals surface area contributed by atoms with Crippen molar-refractivity contribution in [2.24, 2.45) is 0 Å². The van der Waals surface area contributed by atoms with Crippen molar-refractivity contribution in [2.45, 2.75) is 27.3 Å². The molecule has 5 heteroatoms. The van der Waals surface area contributed by atoms with Crippen LogP contribution in [0.3, 0.4) is 0 Å². The second kappa shape index (κ2) is 7.52. The zero-order valence-electron chi connectivity index (χ0n) is 16.1. The van der Waals surface area contributed by atoms with Crippen LogP contribution in [-0.2, 0) is 6.54 Å². The van der Waals surface area contributed by atoms with Gasteiger partial charge in [-0.15, -0.1) is 0 Å². The summed E-state index contributed by atoms with van der Waals surface area (Å²) in [5.41, 5.74) is 6.03. The van der Waals surface area contributed by atoms with E-state index in [1.165, 1.54) is 5.56 Å². The van der Waals surface area contributed by atoms with Crippen LogP contribution in [0.25, 0.3) is 10.2 Å². The monoisotopic (exact) mass is 387 g/mol. The smallest absolute Gasteiger partial charge is 0.260 e. The Bertz CT molecular complexity index is 1130. The highest BCUT2D eigenvalue weighted by Crippen LogP contribution is 2.33. The number of aryl methyl sites for hydroxylation is 3. The Balaban J connectivity index is 1.79. The molecule has 0 aliphatic heterocycles. The van der Waals surface area contributed by atoms with E-state index in [2.05, 4.69) is 31.0 Å². The van der Waals surface area contributed by atoms with Crippen LogP contribution >= 0.6 is 11.3 Å². The predicted octanol–water partition coefficient (Wildman–Crippen LogP) is 5.46. The van der Waals surface area contributed by atoms with Gasteiger partial charge in [0.2, 0.25) is 0 Å². The summed E-state index contributed by atoms with van der Waals surface area (Å²) in [6.45, 7) is 6.58. The first-order valence-electron chi connectivity index (χ1n) is 9.16. The van der Waals surface area contributed by atoms with Crippen LogP contribution in [0.1, 0.15) is 32.6 Å². The molecule has 1 amide bonds. The molecule has 4 rings (SSSR count). The maximum Gasteiger partial charge on any atom is 0.260 e. The quantitative estimate of drug-likeness (QED) is 0.467. The first-order valence-corrected chi connectivity index (χ1v) is 9.98. The molecule has 2 aromatic carbocycles.